The number of nitrogens with zero attached hydrogens (tertiary/aromatic N) is 1. The molecule has 1 heterocycles. The first-order valence-corrected chi connectivity index (χ1v) is 14.5. The highest BCUT2D eigenvalue weighted by Gasteiger charge is 2.42. The number of carboxylic acids is 1. The van der Waals surface area contributed by atoms with Crippen LogP contribution in [0.3, 0.4) is 0 Å². The number of hydrogen-bond donors (Lipinski definition) is 4. The van der Waals surface area contributed by atoms with Crippen molar-refractivity contribution in [3.05, 3.63) is 42.5 Å². The number of fused-ring (bicyclic) bond motifs is 1. The topological polar surface area (TPSA) is 102 Å². The van der Waals surface area contributed by atoms with Gasteiger partial charge in [0.05, 0.1) is 16.1 Å². The molecule has 188 valence electrons. The number of rotatable bonds is 11. The summed E-state index contributed by atoms with van der Waals surface area (Å²) in [6.45, 7) is 4.37. The molecule has 0 fully saturated rings. The fraction of sp³-hybridized carbons (Fsp3) is 0.480. The van der Waals surface area contributed by atoms with Gasteiger partial charge in [0.15, 0.2) is 6.61 Å². The van der Waals surface area contributed by atoms with E-state index in [2.05, 4.69) is 23.5 Å². The second kappa shape index (κ2) is 11.7. The van der Waals surface area contributed by atoms with E-state index in [1.165, 1.54) is 11.8 Å². The number of nitrogens with one attached hydrogen (secondary N) is 1. The van der Waals surface area contributed by atoms with Crippen molar-refractivity contribution in [1.29, 1.82) is 0 Å². The number of carboxylic acid groups (broad SMARTS) is 1. The van der Waals surface area contributed by atoms with Gasteiger partial charge in [0.1, 0.15) is 10.6 Å². The Kier molecular flexibility index (Phi) is 9.17. The van der Waals surface area contributed by atoms with Gasteiger partial charge < -0.3 is 14.7 Å². The van der Waals surface area contributed by atoms with Gasteiger partial charge in [0, 0.05) is 18.3 Å². The first-order chi connectivity index (χ1) is 16.2. The summed E-state index contributed by atoms with van der Waals surface area (Å²) in [7, 11) is -3.40. The van der Waals surface area contributed by atoms with Gasteiger partial charge in [-0.05, 0) is 37.3 Å². The van der Waals surface area contributed by atoms with E-state index >= 15 is 0 Å². The first kappa shape index (κ1) is 26.7. The molecule has 0 radical (unpaired) electrons. The summed E-state index contributed by atoms with van der Waals surface area (Å²) in [4.78, 5) is 14.3. The molecule has 1 aliphatic heterocycles. The number of ether oxygens (including phenoxy) is 1. The van der Waals surface area contributed by atoms with Crippen LogP contribution in [0.1, 0.15) is 52.4 Å². The normalized spacial score (nSPS) is 17.5. The number of anilines is 2. The molecule has 0 unspecified atom stereocenters. The van der Waals surface area contributed by atoms with E-state index in [1.54, 1.807) is 6.07 Å². The lowest BCUT2D eigenvalue weighted by Crippen LogP contribution is -2.51. The number of unbranched alkanes of at least 4 members (excludes halogenated alkanes) is 2. The molecule has 2 aromatic carbocycles. The number of para-hydroxylation sites is 1. The fourth-order valence-corrected chi connectivity index (χ4v) is 6.68. The molecule has 7 nitrogen and oxygen atoms in total. The van der Waals surface area contributed by atoms with E-state index in [-0.39, 0.29) is 0 Å². The zero-order valence-electron chi connectivity index (χ0n) is 20.1. The SMILES string of the molecule is CCCCC1(CCCC)CN(c2ccccc2)c2cc(SC)c(OCC(=O)O)cc2S(O)(O)N1. The summed E-state index contributed by atoms with van der Waals surface area (Å²) < 4.78 is 31.8. The van der Waals surface area contributed by atoms with E-state index < -0.39 is 28.9 Å². The number of thioether (sulfide) groups is 1. The molecular weight excluding hydrogens is 472 g/mol. The van der Waals surface area contributed by atoms with Crippen LogP contribution in [0.25, 0.3) is 0 Å². The number of carbonyl (C=O) groups is 1. The lowest BCUT2D eigenvalue weighted by molar-refractivity contribution is -0.139. The van der Waals surface area contributed by atoms with Gasteiger partial charge in [0.2, 0.25) is 0 Å². The van der Waals surface area contributed by atoms with Crippen molar-refractivity contribution in [2.24, 2.45) is 0 Å². The monoisotopic (exact) mass is 508 g/mol. The molecule has 34 heavy (non-hydrogen) atoms. The minimum Gasteiger partial charge on any atom is -0.481 e. The van der Waals surface area contributed by atoms with Crippen LogP contribution in [0.2, 0.25) is 0 Å². The van der Waals surface area contributed by atoms with Crippen molar-refractivity contribution in [2.45, 2.75) is 67.7 Å². The predicted molar refractivity (Wildman–Crippen MR) is 141 cm³/mol. The molecule has 2 aromatic rings. The Morgan fingerprint density at radius 2 is 1.79 bits per heavy atom. The molecule has 0 saturated carbocycles. The highest BCUT2D eigenvalue weighted by Crippen LogP contribution is 2.57. The molecule has 0 amide bonds. The van der Waals surface area contributed by atoms with Crippen molar-refractivity contribution in [3.8, 4) is 5.75 Å². The Bertz CT molecular complexity index is 963. The molecule has 0 aromatic heterocycles. The Hall–Kier alpha value is -1.91. The summed E-state index contributed by atoms with van der Waals surface area (Å²) >= 11 is 1.43. The number of benzene rings is 2. The lowest BCUT2D eigenvalue weighted by Gasteiger charge is -2.43. The Labute approximate surface area is 208 Å². The van der Waals surface area contributed by atoms with Crippen molar-refractivity contribution in [3.63, 3.8) is 0 Å². The molecule has 3 rings (SSSR count). The average molecular weight is 509 g/mol. The fourth-order valence-electron chi connectivity index (χ4n) is 4.41. The minimum atomic E-state index is -3.40. The maximum atomic E-state index is 11.5. The summed E-state index contributed by atoms with van der Waals surface area (Å²) in [5, 5.41) is 9.10. The second-order valence-corrected chi connectivity index (χ2v) is 11.3. The van der Waals surface area contributed by atoms with Crippen LogP contribution in [0.4, 0.5) is 11.4 Å². The van der Waals surface area contributed by atoms with Gasteiger partial charge >= 0.3 is 5.97 Å². The molecular formula is C25H36N2O5S2. The Morgan fingerprint density at radius 3 is 2.35 bits per heavy atom. The predicted octanol–water partition coefficient (Wildman–Crippen LogP) is 6.76. The van der Waals surface area contributed by atoms with Crippen molar-refractivity contribution >= 4 is 39.9 Å². The van der Waals surface area contributed by atoms with Gasteiger partial charge in [-0.15, -0.1) is 22.5 Å². The van der Waals surface area contributed by atoms with Crippen LogP contribution in [-0.4, -0.2) is 45.1 Å². The maximum absolute atomic E-state index is 11.5. The van der Waals surface area contributed by atoms with Crippen molar-refractivity contribution < 1.29 is 23.7 Å². The molecule has 1 aliphatic rings. The largest absolute Gasteiger partial charge is 0.481 e. The Morgan fingerprint density at radius 1 is 1.15 bits per heavy atom. The van der Waals surface area contributed by atoms with Crippen LogP contribution >= 0.6 is 22.5 Å². The summed E-state index contributed by atoms with van der Waals surface area (Å²) in [6, 6.07) is 13.5. The molecule has 0 aliphatic carbocycles. The molecule has 0 atom stereocenters. The van der Waals surface area contributed by atoms with Crippen LogP contribution in [0.5, 0.6) is 5.75 Å². The zero-order valence-corrected chi connectivity index (χ0v) is 21.8. The quantitative estimate of drug-likeness (QED) is 0.247. The van der Waals surface area contributed by atoms with Crippen LogP contribution < -0.4 is 14.4 Å². The smallest absolute Gasteiger partial charge is 0.341 e. The van der Waals surface area contributed by atoms with E-state index in [9.17, 15) is 13.9 Å². The lowest BCUT2D eigenvalue weighted by atomic mass is 9.87. The van der Waals surface area contributed by atoms with Crippen molar-refractivity contribution in [2.75, 3.05) is 24.3 Å². The summed E-state index contributed by atoms with van der Waals surface area (Å²) in [6.07, 6.45) is 7.47. The highest BCUT2D eigenvalue weighted by molar-refractivity contribution is 8.22. The molecule has 4 N–H and O–H groups in total. The van der Waals surface area contributed by atoms with Gasteiger partial charge in [-0.25, -0.2) is 9.52 Å². The van der Waals surface area contributed by atoms with Crippen LogP contribution in [0, 0.1) is 0 Å². The van der Waals surface area contributed by atoms with Gasteiger partial charge in [-0.1, -0.05) is 57.7 Å². The van der Waals surface area contributed by atoms with E-state index in [0.717, 1.165) is 49.1 Å². The van der Waals surface area contributed by atoms with Crippen molar-refractivity contribution in [1.82, 2.24) is 4.72 Å². The van der Waals surface area contributed by atoms with Gasteiger partial charge in [-0.3, -0.25) is 9.11 Å². The number of aliphatic carboxylic acids is 1. The molecule has 0 spiro atoms. The zero-order chi connectivity index (χ0) is 24.8. The highest BCUT2D eigenvalue weighted by atomic mass is 32.3. The first-order valence-electron chi connectivity index (χ1n) is 11.7. The van der Waals surface area contributed by atoms with Gasteiger partial charge in [0.25, 0.3) is 0 Å². The maximum Gasteiger partial charge on any atom is 0.341 e. The summed E-state index contributed by atoms with van der Waals surface area (Å²) in [5.41, 5.74) is 1.16. The van der Waals surface area contributed by atoms with E-state index in [0.29, 0.717) is 22.9 Å². The van der Waals surface area contributed by atoms with E-state index in [1.807, 2.05) is 42.7 Å². The number of hydrogen-bond acceptors (Lipinski definition) is 7. The minimum absolute atomic E-state index is 0.324. The average Bonchev–Trinajstić information content (AvgIpc) is 2.92. The van der Waals surface area contributed by atoms with Crippen LogP contribution in [-0.2, 0) is 4.79 Å². The Balaban J connectivity index is 2.20. The standard InChI is InChI=1S/C25H36N2O5S2/c1-4-6-13-25(14-7-5-2)18-27(19-11-9-8-10-12-19)20-15-22(33-3)21(32-17-24(28)29)16-23(20)34(30,31)26-25/h8-12,15-16,26,30-31H,4-7,13-14,17-18H2,1-3H3,(H,28,29). The molecule has 0 saturated heterocycles. The third kappa shape index (κ3) is 6.20. The van der Waals surface area contributed by atoms with Crippen LogP contribution in [0.15, 0.2) is 52.3 Å². The molecule has 9 heteroatoms. The third-order valence-electron chi connectivity index (χ3n) is 6.10. The van der Waals surface area contributed by atoms with E-state index in [4.69, 9.17) is 9.84 Å². The molecule has 0 bridgehead atoms. The van der Waals surface area contributed by atoms with Gasteiger partial charge in [-0.2, -0.15) is 0 Å². The second-order valence-electron chi connectivity index (χ2n) is 8.71. The third-order valence-corrected chi connectivity index (χ3v) is 8.52. The summed E-state index contributed by atoms with van der Waals surface area (Å²) in [5.74, 6) is -0.756.